The van der Waals surface area contributed by atoms with Crippen LogP contribution in [0, 0.1) is 6.92 Å². The molecular weight excluding hydrogens is 378 g/mol. The van der Waals surface area contributed by atoms with E-state index < -0.39 is 0 Å². The van der Waals surface area contributed by atoms with Gasteiger partial charge in [0.1, 0.15) is 0 Å². The monoisotopic (exact) mass is 399 g/mol. The first kappa shape index (κ1) is 18.9. The average molecular weight is 399 g/mol. The van der Waals surface area contributed by atoms with Crippen LogP contribution in [0.25, 0.3) is 45.2 Å². The molecule has 0 aliphatic carbocycles. The molecule has 0 aliphatic rings. The van der Waals surface area contributed by atoms with E-state index in [4.69, 9.17) is 9.97 Å². The molecule has 5 rings (SSSR count). The zero-order valence-corrected chi connectivity index (χ0v) is 17.2. The van der Waals surface area contributed by atoms with E-state index in [1.165, 1.54) is 16.7 Å². The first-order valence-corrected chi connectivity index (χ1v) is 10.3. The van der Waals surface area contributed by atoms with Gasteiger partial charge in [0.05, 0.1) is 17.1 Å². The topological polar surface area (TPSA) is 38.7 Å². The van der Waals surface area contributed by atoms with Crippen LogP contribution >= 0.6 is 0 Å². The van der Waals surface area contributed by atoms with Gasteiger partial charge in [0.15, 0.2) is 5.82 Å². The van der Waals surface area contributed by atoms with Crippen LogP contribution in [0.15, 0.2) is 109 Å². The van der Waals surface area contributed by atoms with Crippen molar-refractivity contribution < 1.29 is 0 Å². The summed E-state index contributed by atoms with van der Waals surface area (Å²) in [7, 11) is 0. The van der Waals surface area contributed by atoms with E-state index in [1.807, 2.05) is 30.3 Å². The third-order valence-corrected chi connectivity index (χ3v) is 5.25. The van der Waals surface area contributed by atoms with E-state index in [1.54, 1.807) is 6.20 Å². The third kappa shape index (κ3) is 4.12. The van der Waals surface area contributed by atoms with Gasteiger partial charge >= 0.3 is 0 Å². The smallest absolute Gasteiger partial charge is 0.160 e. The summed E-state index contributed by atoms with van der Waals surface area (Å²) in [5.74, 6) is 0.693. The molecule has 0 spiro atoms. The van der Waals surface area contributed by atoms with Crippen LogP contribution in [-0.4, -0.2) is 15.0 Å². The van der Waals surface area contributed by atoms with Crippen molar-refractivity contribution in [2.75, 3.05) is 0 Å². The van der Waals surface area contributed by atoms with Crippen molar-refractivity contribution in [3.05, 3.63) is 115 Å². The second kappa shape index (κ2) is 8.33. The molecule has 31 heavy (non-hydrogen) atoms. The fourth-order valence-corrected chi connectivity index (χ4v) is 3.54. The van der Waals surface area contributed by atoms with Crippen molar-refractivity contribution in [1.82, 2.24) is 15.0 Å². The summed E-state index contributed by atoms with van der Waals surface area (Å²) in [6, 6.07) is 35.0. The molecule has 0 N–H and O–H groups in total. The van der Waals surface area contributed by atoms with Gasteiger partial charge in [0, 0.05) is 17.3 Å². The van der Waals surface area contributed by atoms with Gasteiger partial charge in [-0.25, -0.2) is 9.97 Å². The molecule has 2 aromatic heterocycles. The number of aromatic nitrogens is 3. The van der Waals surface area contributed by atoms with Crippen LogP contribution in [0.3, 0.4) is 0 Å². The van der Waals surface area contributed by atoms with Crippen LogP contribution in [0.4, 0.5) is 0 Å². The van der Waals surface area contributed by atoms with E-state index in [0.29, 0.717) is 5.82 Å². The van der Waals surface area contributed by atoms with Gasteiger partial charge in [-0.05, 0) is 36.2 Å². The minimum Gasteiger partial charge on any atom is -0.255 e. The molecule has 0 radical (unpaired) electrons. The normalized spacial score (nSPS) is 10.7. The van der Waals surface area contributed by atoms with Gasteiger partial charge in [-0.15, -0.1) is 0 Å². The Labute approximate surface area is 182 Å². The average Bonchev–Trinajstić information content (AvgIpc) is 2.85. The minimum absolute atomic E-state index is 0.693. The summed E-state index contributed by atoms with van der Waals surface area (Å²) in [5.41, 5.74) is 8.16. The van der Waals surface area contributed by atoms with Crippen molar-refractivity contribution in [2.24, 2.45) is 0 Å². The lowest BCUT2D eigenvalue weighted by atomic mass is 10.0. The van der Waals surface area contributed by atoms with E-state index in [9.17, 15) is 0 Å². The maximum absolute atomic E-state index is 4.89. The van der Waals surface area contributed by atoms with Crippen LogP contribution < -0.4 is 0 Å². The highest BCUT2D eigenvalue weighted by atomic mass is 14.9. The van der Waals surface area contributed by atoms with Gasteiger partial charge in [0.25, 0.3) is 0 Å². The van der Waals surface area contributed by atoms with Gasteiger partial charge in [-0.2, -0.15) is 0 Å². The Morgan fingerprint density at radius 3 is 1.81 bits per heavy atom. The summed E-state index contributed by atoms with van der Waals surface area (Å²) in [6.45, 7) is 2.09. The molecule has 3 nitrogen and oxygen atoms in total. The maximum atomic E-state index is 4.89. The SMILES string of the molecule is Cc1ccc(-c2cc(-c3ccccn3)nc(-c3ccc(-c4ccccc4)cc3)n2)cc1. The van der Waals surface area contributed by atoms with E-state index in [-0.39, 0.29) is 0 Å². The van der Waals surface area contributed by atoms with E-state index in [2.05, 4.69) is 84.7 Å². The number of nitrogens with zero attached hydrogens (tertiary/aromatic N) is 3. The first-order valence-electron chi connectivity index (χ1n) is 10.3. The van der Waals surface area contributed by atoms with Crippen LogP contribution in [-0.2, 0) is 0 Å². The molecule has 0 aliphatic heterocycles. The van der Waals surface area contributed by atoms with Gasteiger partial charge in [0.2, 0.25) is 0 Å². The molecule has 0 unspecified atom stereocenters. The quantitative estimate of drug-likeness (QED) is 0.332. The minimum atomic E-state index is 0.693. The first-order chi connectivity index (χ1) is 15.3. The molecule has 0 fully saturated rings. The van der Waals surface area contributed by atoms with Crippen LogP contribution in [0.5, 0.6) is 0 Å². The molecule has 0 saturated heterocycles. The Morgan fingerprint density at radius 2 is 1.10 bits per heavy atom. The zero-order chi connectivity index (χ0) is 21.0. The van der Waals surface area contributed by atoms with Gasteiger partial charge < -0.3 is 0 Å². The molecule has 3 heteroatoms. The summed E-state index contributed by atoms with van der Waals surface area (Å²) in [6.07, 6.45) is 1.79. The standard InChI is InChI=1S/C28H21N3/c1-20-10-12-23(13-11-20)26-19-27(25-9-5-6-18-29-25)31-28(30-26)24-16-14-22(15-17-24)21-7-3-2-4-8-21/h2-19H,1H3. The number of pyridine rings is 1. The fourth-order valence-electron chi connectivity index (χ4n) is 3.54. The predicted molar refractivity (Wildman–Crippen MR) is 126 cm³/mol. The fraction of sp³-hybridized carbons (Fsp3) is 0.0357. The molecule has 0 amide bonds. The van der Waals surface area contributed by atoms with E-state index in [0.717, 1.165) is 28.2 Å². The number of hydrogen-bond acceptors (Lipinski definition) is 3. The van der Waals surface area contributed by atoms with Crippen LogP contribution in [0.2, 0.25) is 0 Å². The van der Waals surface area contributed by atoms with E-state index >= 15 is 0 Å². The predicted octanol–water partition coefficient (Wildman–Crippen LogP) is 6.85. The Morgan fingerprint density at radius 1 is 0.484 bits per heavy atom. The number of benzene rings is 3. The van der Waals surface area contributed by atoms with Gasteiger partial charge in [-0.1, -0.05) is 90.5 Å². The van der Waals surface area contributed by atoms with Crippen LogP contribution in [0.1, 0.15) is 5.56 Å². The number of aryl methyl sites for hydroxylation is 1. The Bertz CT molecular complexity index is 1290. The summed E-state index contributed by atoms with van der Waals surface area (Å²) in [5, 5.41) is 0. The van der Waals surface area contributed by atoms with Crippen molar-refractivity contribution >= 4 is 0 Å². The molecule has 5 aromatic rings. The van der Waals surface area contributed by atoms with Gasteiger partial charge in [-0.3, -0.25) is 4.98 Å². The number of rotatable bonds is 4. The second-order valence-electron chi connectivity index (χ2n) is 7.49. The molecule has 0 saturated carbocycles. The lowest BCUT2D eigenvalue weighted by molar-refractivity contribution is 1.16. The number of hydrogen-bond donors (Lipinski definition) is 0. The highest BCUT2D eigenvalue weighted by molar-refractivity contribution is 5.72. The Kier molecular flexibility index (Phi) is 5.07. The molecule has 148 valence electrons. The Balaban J connectivity index is 1.60. The summed E-state index contributed by atoms with van der Waals surface area (Å²) >= 11 is 0. The summed E-state index contributed by atoms with van der Waals surface area (Å²) < 4.78 is 0. The third-order valence-electron chi connectivity index (χ3n) is 5.25. The molecule has 2 heterocycles. The molecule has 0 atom stereocenters. The van der Waals surface area contributed by atoms with Crippen molar-refractivity contribution in [3.8, 4) is 45.2 Å². The summed E-state index contributed by atoms with van der Waals surface area (Å²) in [4.78, 5) is 14.2. The van der Waals surface area contributed by atoms with Crippen molar-refractivity contribution in [3.63, 3.8) is 0 Å². The zero-order valence-electron chi connectivity index (χ0n) is 17.2. The highest BCUT2D eigenvalue weighted by Crippen LogP contribution is 2.28. The molecule has 0 bridgehead atoms. The second-order valence-corrected chi connectivity index (χ2v) is 7.49. The highest BCUT2D eigenvalue weighted by Gasteiger charge is 2.11. The molecule has 3 aromatic carbocycles. The Hall–Kier alpha value is -4.11. The van der Waals surface area contributed by atoms with Crippen molar-refractivity contribution in [1.29, 1.82) is 0 Å². The van der Waals surface area contributed by atoms with Crippen molar-refractivity contribution in [2.45, 2.75) is 6.92 Å². The lowest BCUT2D eigenvalue weighted by Crippen LogP contribution is -1.97. The largest absolute Gasteiger partial charge is 0.255 e. The lowest BCUT2D eigenvalue weighted by Gasteiger charge is -2.10. The molecular formula is C28H21N3. The maximum Gasteiger partial charge on any atom is 0.160 e.